The molecule has 0 atom stereocenters. The lowest BCUT2D eigenvalue weighted by Gasteiger charge is -2.07. The number of para-hydroxylation sites is 1. The molecule has 0 aliphatic heterocycles. The van der Waals surface area contributed by atoms with Crippen molar-refractivity contribution in [3.63, 3.8) is 0 Å². The van der Waals surface area contributed by atoms with Crippen LogP contribution in [0.25, 0.3) is 5.69 Å². The maximum atomic E-state index is 12.5. The van der Waals surface area contributed by atoms with Crippen molar-refractivity contribution in [3.8, 4) is 5.69 Å². The van der Waals surface area contributed by atoms with Crippen LogP contribution in [-0.2, 0) is 6.18 Å². The van der Waals surface area contributed by atoms with Crippen molar-refractivity contribution in [2.24, 2.45) is 0 Å². The molecule has 1 N–H and O–H groups in total. The molecule has 0 radical (unpaired) electrons. The summed E-state index contributed by atoms with van der Waals surface area (Å²) in [5, 5.41) is 4.74. The molecule has 0 unspecified atom stereocenters. The highest BCUT2D eigenvalue weighted by Crippen LogP contribution is 2.27. The Kier molecular flexibility index (Phi) is 2.30. The first-order chi connectivity index (χ1) is 7.50. The van der Waals surface area contributed by atoms with E-state index in [2.05, 4.69) is 5.10 Å². The van der Waals surface area contributed by atoms with E-state index in [9.17, 15) is 18.0 Å². The summed E-state index contributed by atoms with van der Waals surface area (Å²) in [6.45, 7) is 0. The van der Waals surface area contributed by atoms with E-state index in [4.69, 9.17) is 0 Å². The number of hydrogen-bond donors (Lipinski definition) is 1. The molecule has 84 valence electrons. The predicted molar refractivity (Wildman–Crippen MR) is 49.2 cm³/mol. The number of H-pyrrole nitrogens is 1. The molecule has 2 aromatic rings. The number of aromatic nitrogens is 3. The average molecular weight is 229 g/mol. The number of hydrogen-bond acceptors (Lipinski definition) is 2. The number of halogens is 3. The SMILES string of the molecule is O=c1[nH]nc(C(F)(F)F)n1-c1ccccc1. The third-order valence-electron chi connectivity index (χ3n) is 1.94. The van der Waals surface area contributed by atoms with E-state index in [0.717, 1.165) is 0 Å². The predicted octanol–water partition coefficient (Wildman–Crippen LogP) is 1.58. The number of benzene rings is 1. The first-order valence-electron chi connectivity index (χ1n) is 4.30. The Labute approximate surface area is 87.3 Å². The molecular formula is C9H6F3N3O. The van der Waals surface area contributed by atoms with Gasteiger partial charge in [0.1, 0.15) is 0 Å². The second-order valence-corrected chi connectivity index (χ2v) is 3.02. The topological polar surface area (TPSA) is 50.7 Å². The summed E-state index contributed by atoms with van der Waals surface area (Å²) >= 11 is 0. The fourth-order valence-corrected chi connectivity index (χ4v) is 1.30. The van der Waals surface area contributed by atoms with Crippen LogP contribution in [0.2, 0.25) is 0 Å². The van der Waals surface area contributed by atoms with Crippen molar-refractivity contribution >= 4 is 0 Å². The summed E-state index contributed by atoms with van der Waals surface area (Å²) in [6.07, 6.45) is -4.67. The maximum Gasteiger partial charge on any atom is 0.452 e. The molecule has 0 saturated carbocycles. The van der Waals surface area contributed by atoms with Gasteiger partial charge in [-0.3, -0.25) is 0 Å². The molecule has 1 aromatic heterocycles. The van der Waals surface area contributed by atoms with E-state index in [1.54, 1.807) is 11.2 Å². The Balaban J connectivity index is 2.66. The minimum Gasteiger partial charge on any atom is -0.246 e. The van der Waals surface area contributed by atoms with Crippen LogP contribution in [0, 0.1) is 0 Å². The quantitative estimate of drug-likeness (QED) is 0.807. The van der Waals surface area contributed by atoms with Crippen LogP contribution in [0.1, 0.15) is 5.82 Å². The van der Waals surface area contributed by atoms with E-state index in [1.165, 1.54) is 24.3 Å². The van der Waals surface area contributed by atoms with Crippen molar-refractivity contribution in [3.05, 3.63) is 46.6 Å². The van der Waals surface area contributed by atoms with Crippen LogP contribution in [0.4, 0.5) is 13.2 Å². The number of nitrogens with one attached hydrogen (secondary N) is 1. The molecular weight excluding hydrogens is 223 g/mol. The third kappa shape index (κ3) is 1.71. The largest absolute Gasteiger partial charge is 0.452 e. The highest BCUT2D eigenvalue weighted by Gasteiger charge is 2.38. The van der Waals surface area contributed by atoms with Crippen molar-refractivity contribution < 1.29 is 13.2 Å². The third-order valence-corrected chi connectivity index (χ3v) is 1.94. The summed E-state index contributed by atoms with van der Waals surface area (Å²) in [6, 6.07) is 7.50. The number of rotatable bonds is 1. The lowest BCUT2D eigenvalue weighted by molar-refractivity contribution is -0.146. The van der Waals surface area contributed by atoms with Crippen LogP contribution >= 0.6 is 0 Å². The van der Waals surface area contributed by atoms with Crippen LogP contribution in [0.3, 0.4) is 0 Å². The second kappa shape index (κ2) is 3.51. The van der Waals surface area contributed by atoms with Crippen molar-refractivity contribution in [2.75, 3.05) is 0 Å². The molecule has 0 fully saturated rings. The van der Waals surface area contributed by atoms with Gasteiger partial charge in [-0.05, 0) is 12.1 Å². The van der Waals surface area contributed by atoms with Gasteiger partial charge < -0.3 is 0 Å². The minimum atomic E-state index is -4.67. The van der Waals surface area contributed by atoms with Crippen molar-refractivity contribution in [2.45, 2.75) is 6.18 Å². The van der Waals surface area contributed by atoms with Gasteiger partial charge in [0.25, 0.3) is 0 Å². The standard InChI is InChI=1S/C9H6F3N3O/c10-9(11,12)7-13-14-8(16)15(7)6-4-2-1-3-5-6/h1-5H,(H,14,16). The molecule has 1 aromatic carbocycles. The zero-order valence-corrected chi connectivity index (χ0v) is 7.82. The van der Waals surface area contributed by atoms with Crippen LogP contribution in [0.15, 0.2) is 35.1 Å². The van der Waals surface area contributed by atoms with Gasteiger partial charge in [0.2, 0.25) is 5.82 Å². The lowest BCUT2D eigenvalue weighted by atomic mass is 10.3. The first-order valence-corrected chi connectivity index (χ1v) is 4.30. The second-order valence-electron chi connectivity index (χ2n) is 3.02. The Morgan fingerprint density at radius 2 is 1.81 bits per heavy atom. The molecule has 0 amide bonds. The Bertz CT molecular complexity index is 541. The number of nitrogens with zero attached hydrogens (tertiary/aromatic N) is 2. The average Bonchev–Trinajstić information content (AvgIpc) is 2.61. The summed E-state index contributed by atoms with van der Waals surface area (Å²) < 4.78 is 38.0. The molecule has 7 heteroatoms. The van der Waals surface area contributed by atoms with E-state index in [-0.39, 0.29) is 5.69 Å². The minimum absolute atomic E-state index is 0.119. The van der Waals surface area contributed by atoms with Crippen molar-refractivity contribution in [1.82, 2.24) is 14.8 Å². The van der Waals surface area contributed by atoms with Gasteiger partial charge in [0, 0.05) is 0 Å². The van der Waals surface area contributed by atoms with Crippen LogP contribution in [0.5, 0.6) is 0 Å². The van der Waals surface area contributed by atoms with Gasteiger partial charge in [-0.15, -0.1) is 5.10 Å². The molecule has 0 aliphatic rings. The van der Waals surface area contributed by atoms with Crippen LogP contribution in [-0.4, -0.2) is 14.8 Å². The van der Waals surface area contributed by atoms with Gasteiger partial charge in [-0.1, -0.05) is 18.2 Å². The van der Waals surface area contributed by atoms with Gasteiger partial charge in [-0.25, -0.2) is 14.5 Å². The Morgan fingerprint density at radius 3 is 2.38 bits per heavy atom. The lowest BCUT2D eigenvalue weighted by Crippen LogP contribution is -2.21. The summed E-state index contributed by atoms with van der Waals surface area (Å²) in [4.78, 5) is 11.2. The molecule has 0 aliphatic carbocycles. The molecule has 4 nitrogen and oxygen atoms in total. The Hall–Kier alpha value is -2.05. The molecule has 16 heavy (non-hydrogen) atoms. The summed E-state index contributed by atoms with van der Waals surface area (Å²) in [7, 11) is 0. The molecule has 0 bridgehead atoms. The van der Waals surface area contributed by atoms with Gasteiger partial charge in [-0.2, -0.15) is 13.2 Å². The highest BCUT2D eigenvalue weighted by atomic mass is 19.4. The van der Waals surface area contributed by atoms with Gasteiger partial charge in [0.15, 0.2) is 0 Å². The molecule has 2 rings (SSSR count). The summed E-state index contributed by atoms with van der Waals surface area (Å²) in [5.41, 5.74) is -0.799. The van der Waals surface area contributed by atoms with E-state index >= 15 is 0 Å². The monoisotopic (exact) mass is 229 g/mol. The fourth-order valence-electron chi connectivity index (χ4n) is 1.30. The fraction of sp³-hybridized carbons (Fsp3) is 0.111. The van der Waals surface area contributed by atoms with Crippen molar-refractivity contribution in [1.29, 1.82) is 0 Å². The maximum absolute atomic E-state index is 12.5. The number of aromatic amines is 1. The summed E-state index contributed by atoms with van der Waals surface area (Å²) in [5.74, 6) is -1.26. The highest BCUT2D eigenvalue weighted by molar-refractivity contribution is 5.32. The zero-order chi connectivity index (χ0) is 11.8. The smallest absolute Gasteiger partial charge is 0.246 e. The van der Waals surface area contributed by atoms with Gasteiger partial charge in [0.05, 0.1) is 5.69 Å². The Morgan fingerprint density at radius 1 is 1.19 bits per heavy atom. The van der Waals surface area contributed by atoms with Gasteiger partial charge >= 0.3 is 11.9 Å². The van der Waals surface area contributed by atoms with E-state index in [1.807, 2.05) is 0 Å². The molecule has 1 heterocycles. The zero-order valence-electron chi connectivity index (χ0n) is 7.82. The first kappa shape index (κ1) is 10.5. The normalized spacial score (nSPS) is 11.7. The number of alkyl halides is 3. The van der Waals surface area contributed by atoms with Crippen LogP contribution < -0.4 is 5.69 Å². The molecule has 0 saturated heterocycles. The van der Waals surface area contributed by atoms with E-state index < -0.39 is 17.7 Å². The molecule has 0 spiro atoms. The van der Waals surface area contributed by atoms with E-state index in [0.29, 0.717) is 4.57 Å².